The van der Waals surface area contributed by atoms with Crippen LogP contribution in [0.5, 0.6) is 0 Å². The van der Waals surface area contributed by atoms with Gasteiger partial charge in [-0.3, -0.25) is 4.79 Å². The Hall–Kier alpha value is -0.653. The van der Waals surface area contributed by atoms with E-state index in [0.717, 1.165) is 19.3 Å². The lowest BCUT2D eigenvalue weighted by molar-refractivity contribution is -0.150. The van der Waals surface area contributed by atoms with E-state index in [0.29, 0.717) is 25.4 Å². The summed E-state index contributed by atoms with van der Waals surface area (Å²) in [5, 5.41) is 11.1. The van der Waals surface area contributed by atoms with Crippen LogP contribution in [0.1, 0.15) is 92.4 Å². The first-order valence-corrected chi connectivity index (χ1v) is 14.6. The maximum atomic E-state index is 11.9. The fourth-order valence-electron chi connectivity index (χ4n) is 3.82. The third-order valence-electron chi connectivity index (χ3n) is 6.58. The van der Waals surface area contributed by atoms with E-state index in [9.17, 15) is 9.90 Å². The van der Waals surface area contributed by atoms with Crippen molar-refractivity contribution in [3.05, 3.63) is 12.2 Å². The van der Waals surface area contributed by atoms with Gasteiger partial charge in [-0.1, -0.05) is 59.1 Å². The molecule has 1 aliphatic carbocycles. The number of unbranched alkanes of at least 4 members (excludes halogenated alkanes) is 2. The predicted octanol–water partition coefficient (Wildman–Crippen LogP) is 6.39. The fraction of sp³-hybridized carbons (Fsp3) is 0.875. The summed E-state index contributed by atoms with van der Waals surface area (Å²) in [6, 6.07) is 0. The maximum Gasteiger partial charge on any atom is 0.308 e. The lowest BCUT2D eigenvalue weighted by atomic mass is 9.76. The molecule has 0 amide bonds. The molecule has 0 bridgehead atoms. The Morgan fingerprint density at radius 1 is 1.28 bits per heavy atom. The van der Waals surface area contributed by atoms with Gasteiger partial charge in [-0.2, -0.15) is 0 Å². The van der Waals surface area contributed by atoms with Crippen LogP contribution in [0.3, 0.4) is 0 Å². The third kappa shape index (κ3) is 9.35. The van der Waals surface area contributed by atoms with Crippen molar-refractivity contribution in [2.24, 2.45) is 5.92 Å². The van der Waals surface area contributed by atoms with Crippen LogP contribution in [-0.2, 0) is 14.0 Å². The second-order valence-corrected chi connectivity index (χ2v) is 15.1. The largest absolute Gasteiger partial charge is 0.466 e. The van der Waals surface area contributed by atoms with Gasteiger partial charge in [-0.05, 0) is 63.1 Å². The van der Waals surface area contributed by atoms with Gasteiger partial charge in [-0.15, -0.1) is 0 Å². The van der Waals surface area contributed by atoms with Gasteiger partial charge in [0.1, 0.15) is 0 Å². The van der Waals surface area contributed by atoms with Crippen molar-refractivity contribution < 1.29 is 19.1 Å². The number of rotatable bonds is 11. The smallest absolute Gasteiger partial charge is 0.308 e. The molecular formula is C24H46O4Si. The van der Waals surface area contributed by atoms with E-state index in [1.165, 1.54) is 19.3 Å². The number of allylic oxidation sites excluding steroid dienone is 1. The van der Waals surface area contributed by atoms with E-state index in [1.807, 2.05) is 0 Å². The molecule has 0 heterocycles. The zero-order valence-electron chi connectivity index (χ0n) is 20.1. The lowest BCUT2D eigenvalue weighted by Crippen LogP contribution is -2.43. The number of aliphatic hydroxyl groups is 1. The zero-order valence-corrected chi connectivity index (χ0v) is 21.1. The molecule has 1 unspecified atom stereocenters. The number of carbonyl (C=O) groups is 1. The summed E-state index contributed by atoms with van der Waals surface area (Å²) in [6.45, 7) is 15.9. The maximum absolute atomic E-state index is 11.9. The predicted molar refractivity (Wildman–Crippen MR) is 124 cm³/mol. The Bertz CT molecular complexity index is 523. The van der Waals surface area contributed by atoms with Crippen LogP contribution in [0.4, 0.5) is 0 Å². The standard InChI is InChI=1S/C24H46O4Si/c1-8-10-11-14-21(28-29(6,7)23(3,4)5)16-15-20-13-12-17-24(26,18-20)19-22(25)27-9-2/h15-16,20-21,26H,8-14,17-19H2,1-7H3/t20-,21?,24-/m0/s1. The number of hydrogen-bond donors (Lipinski definition) is 1. The summed E-state index contributed by atoms with van der Waals surface area (Å²) in [6.07, 6.45) is 12.7. The van der Waals surface area contributed by atoms with Gasteiger partial charge in [0.15, 0.2) is 8.32 Å². The topological polar surface area (TPSA) is 55.8 Å². The summed E-state index contributed by atoms with van der Waals surface area (Å²) in [5.74, 6) is -0.00167. The highest BCUT2D eigenvalue weighted by molar-refractivity contribution is 6.74. The Morgan fingerprint density at radius 2 is 1.97 bits per heavy atom. The molecule has 4 nitrogen and oxygen atoms in total. The quantitative estimate of drug-likeness (QED) is 0.180. The highest BCUT2D eigenvalue weighted by Gasteiger charge is 2.39. The molecule has 1 saturated carbocycles. The van der Waals surface area contributed by atoms with Gasteiger partial charge in [0.05, 0.1) is 24.7 Å². The normalized spacial score (nSPS) is 24.6. The minimum absolute atomic E-state index is 0.103. The molecular weight excluding hydrogens is 380 g/mol. The van der Waals surface area contributed by atoms with E-state index in [2.05, 4.69) is 52.9 Å². The fourth-order valence-corrected chi connectivity index (χ4v) is 5.12. The molecule has 3 atom stereocenters. The zero-order chi connectivity index (χ0) is 22.1. The molecule has 0 aromatic carbocycles. The molecule has 1 N–H and O–H groups in total. The molecule has 29 heavy (non-hydrogen) atoms. The van der Waals surface area contributed by atoms with Crippen LogP contribution in [-0.4, -0.2) is 37.7 Å². The minimum Gasteiger partial charge on any atom is -0.466 e. The van der Waals surface area contributed by atoms with Crippen molar-refractivity contribution in [1.29, 1.82) is 0 Å². The van der Waals surface area contributed by atoms with Crippen LogP contribution in [0.15, 0.2) is 12.2 Å². The highest BCUT2D eigenvalue weighted by atomic mass is 28.4. The van der Waals surface area contributed by atoms with Gasteiger partial charge in [0.25, 0.3) is 0 Å². The average molecular weight is 427 g/mol. The molecule has 5 heteroatoms. The first kappa shape index (κ1) is 26.4. The highest BCUT2D eigenvalue weighted by Crippen LogP contribution is 2.39. The minimum atomic E-state index is -1.84. The average Bonchev–Trinajstić information content (AvgIpc) is 2.58. The van der Waals surface area contributed by atoms with Crippen LogP contribution in [0.2, 0.25) is 18.1 Å². The van der Waals surface area contributed by atoms with Crippen LogP contribution in [0.25, 0.3) is 0 Å². The second-order valence-electron chi connectivity index (χ2n) is 10.4. The molecule has 0 spiro atoms. The Kier molecular flexibility index (Phi) is 10.6. The molecule has 0 saturated heterocycles. The molecule has 1 rings (SSSR count). The summed E-state index contributed by atoms with van der Waals surface area (Å²) >= 11 is 0. The van der Waals surface area contributed by atoms with Crippen LogP contribution < -0.4 is 0 Å². The monoisotopic (exact) mass is 426 g/mol. The van der Waals surface area contributed by atoms with Crippen molar-refractivity contribution in [1.82, 2.24) is 0 Å². The van der Waals surface area contributed by atoms with Crippen molar-refractivity contribution >= 4 is 14.3 Å². The first-order chi connectivity index (χ1) is 13.4. The van der Waals surface area contributed by atoms with Gasteiger partial charge in [0.2, 0.25) is 0 Å². The van der Waals surface area contributed by atoms with Gasteiger partial charge in [-0.25, -0.2) is 0 Å². The van der Waals surface area contributed by atoms with Crippen molar-refractivity contribution in [2.45, 2.75) is 122 Å². The molecule has 1 fully saturated rings. The molecule has 0 aromatic heterocycles. The molecule has 0 radical (unpaired) electrons. The van der Waals surface area contributed by atoms with Gasteiger partial charge in [0, 0.05) is 0 Å². The Morgan fingerprint density at radius 3 is 2.55 bits per heavy atom. The Labute approximate surface area is 180 Å². The second kappa shape index (κ2) is 11.7. The summed E-state index contributed by atoms with van der Waals surface area (Å²) in [7, 11) is -1.84. The van der Waals surface area contributed by atoms with E-state index < -0.39 is 13.9 Å². The number of ether oxygens (including phenoxy) is 1. The van der Waals surface area contributed by atoms with E-state index in [4.69, 9.17) is 9.16 Å². The van der Waals surface area contributed by atoms with Crippen molar-refractivity contribution in [2.75, 3.05) is 6.61 Å². The summed E-state index contributed by atoms with van der Waals surface area (Å²) < 4.78 is 11.8. The van der Waals surface area contributed by atoms with Crippen molar-refractivity contribution in [3.63, 3.8) is 0 Å². The summed E-state index contributed by atoms with van der Waals surface area (Å²) in [5.41, 5.74) is -0.933. The van der Waals surface area contributed by atoms with Crippen LogP contribution in [0, 0.1) is 5.92 Å². The van der Waals surface area contributed by atoms with Crippen molar-refractivity contribution in [3.8, 4) is 0 Å². The Balaban J connectivity index is 2.79. The van der Waals surface area contributed by atoms with E-state index in [1.54, 1.807) is 6.92 Å². The molecule has 0 aliphatic heterocycles. The van der Waals surface area contributed by atoms with E-state index >= 15 is 0 Å². The SMILES string of the molecule is CCCCCC(C=C[C@@H]1CCC[C@@](O)(CC(=O)OCC)C1)O[Si](C)(C)C(C)(C)C. The van der Waals surface area contributed by atoms with E-state index in [-0.39, 0.29) is 23.5 Å². The first-order valence-electron chi connectivity index (χ1n) is 11.7. The van der Waals surface area contributed by atoms with Gasteiger partial charge >= 0.3 is 5.97 Å². The third-order valence-corrected chi connectivity index (χ3v) is 11.1. The molecule has 0 aromatic rings. The summed E-state index contributed by atoms with van der Waals surface area (Å²) in [4.78, 5) is 11.9. The molecule has 1 aliphatic rings. The number of carbonyl (C=O) groups excluding carboxylic acids is 1. The number of hydrogen-bond acceptors (Lipinski definition) is 4. The van der Waals surface area contributed by atoms with Gasteiger partial charge < -0.3 is 14.3 Å². The number of esters is 1. The van der Waals surface area contributed by atoms with Crippen LogP contribution >= 0.6 is 0 Å². The lowest BCUT2D eigenvalue weighted by Gasteiger charge is -2.39. The molecule has 170 valence electrons.